The Labute approximate surface area is 315 Å². The summed E-state index contributed by atoms with van der Waals surface area (Å²) >= 11 is 6.02. The topological polar surface area (TPSA) is 111 Å². The first-order valence-corrected chi connectivity index (χ1v) is 20.5. The Bertz CT molecular complexity index is 1930. The summed E-state index contributed by atoms with van der Waals surface area (Å²) in [5.41, 5.74) is 0.0936. The van der Waals surface area contributed by atoms with Gasteiger partial charge in [-0.1, -0.05) is 67.3 Å². The summed E-state index contributed by atoms with van der Waals surface area (Å²) in [5.74, 6) is -4.66. The summed E-state index contributed by atoms with van der Waals surface area (Å²) in [5, 5.41) is 3.48. The maximum atomic E-state index is 16.8. The third-order valence-corrected chi connectivity index (χ3v) is 13.3. The standard InChI is InChI=1S/C41H47ClF2N2O6S/c1-39(2,3)52-38(48)45-36-34-22-28(21-30-23-40(30,34)36)35(47)37(41(43,44)29-13-9-26(10-14-29)27-11-15-31(42)16-12-27)46-53(49,50)33-19-17-32(18-20-33)51-24-25-7-5-4-6-8-25/h9-20,25,28,30,34,36-37,46H,4-8,21-24H2,1-3H3,(H,45,48). The third kappa shape index (κ3) is 7.98. The zero-order valence-corrected chi connectivity index (χ0v) is 31.8. The first-order valence-electron chi connectivity index (χ1n) is 18.6. The van der Waals surface area contributed by atoms with Crippen molar-refractivity contribution in [2.24, 2.45) is 29.1 Å². The van der Waals surface area contributed by atoms with E-state index in [1.54, 1.807) is 45.0 Å². The number of halogens is 3. The lowest BCUT2D eigenvalue weighted by molar-refractivity contribution is -0.136. The molecule has 0 aromatic heterocycles. The van der Waals surface area contributed by atoms with E-state index in [4.69, 9.17) is 21.1 Å². The van der Waals surface area contributed by atoms with Gasteiger partial charge < -0.3 is 14.8 Å². The van der Waals surface area contributed by atoms with Crippen LogP contribution in [0.4, 0.5) is 13.6 Å². The Morgan fingerprint density at radius 1 is 0.906 bits per heavy atom. The van der Waals surface area contributed by atoms with Gasteiger partial charge in [0.1, 0.15) is 17.4 Å². The number of ketones is 1. The SMILES string of the molecule is CC(C)(C)OC(=O)NC1C2CC(C(=O)C(NS(=O)(=O)c3ccc(OCC4CCCCC4)cc3)C(F)(F)c3ccc(-c4ccc(Cl)cc4)cc3)CC3CC321. The molecule has 3 aromatic rings. The minimum absolute atomic E-state index is 0.0702. The molecule has 0 saturated heterocycles. The van der Waals surface area contributed by atoms with Crippen molar-refractivity contribution in [1.82, 2.24) is 10.0 Å². The van der Waals surface area contributed by atoms with Gasteiger partial charge >= 0.3 is 6.09 Å². The van der Waals surface area contributed by atoms with Crippen LogP contribution in [-0.4, -0.2) is 44.6 Å². The van der Waals surface area contributed by atoms with Crippen LogP contribution < -0.4 is 14.8 Å². The molecule has 2 N–H and O–H groups in total. The molecular formula is C41H47ClF2N2O6S. The second-order valence-corrected chi connectivity index (χ2v) is 18.5. The number of ether oxygens (including phenoxy) is 2. The second-order valence-electron chi connectivity index (χ2n) is 16.4. The van der Waals surface area contributed by atoms with E-state index in [1.807, 2.05) is 0 Å². The monoisotopic (exact) mass is 768 g/mol. The molecule has 1 spiro atoms. The predicted octanol–water partition coefficient (Wildman–Crippen LogP) is 8.91. The maximum Gasteiger partial charge on any atom is 0.407 e. The minimum Gasteiger partial charge on any atom is -0.493 e. The number of sulfonamides is 1. The lowest BCUT2D eigenvalue weighted by Crippen LogP contribution is -2.53. The quantitative estimate of drug-likeness (QED) is 0.191. The van der Waals surface area contributed by atoms with E-state index in [9.17, 15) is 18.0 Å². The highest BCUT2D eigenvalue weighted by molar-refractivity contribution is 7.89. The van der Waals surface area contributed by atoms with Gasteiger partial charge in [0.25, 0.3) is 5.92 Å². The predicted molar refractivity (Wildman–Crippen MR) is 198 cm³/mol. The lowest BCUT2D eigenvalue weighted by atomic mass is 9.81. The number of hydrogen-bond acceptors (Lipinski definition) is 6. The van der Waals surface area contributed by atoms with Crippen LogP contribution in [0.25, 0.3) is 11.1 Å². The fourth-order valence-corrected chi connectivity index (χ4v) is 10.1. The zero-order valence-electron chi connectivity index (χ0n) is 30.2. The molecule has 6 atom stereocenters. The number of carbonyl (C=O) groups is 2. The molecule has 12 heteroatoms. The van der Waals surface area contributed by atoms with E-state index in [2.05, 4.69) is 10.0 Å². The molecular weight excluding hydrogens is 722 g/mol. The van der Waals surface area contributed by atoms with Gasteiger partial charge in [0, 0.05) is 22.5 Å². The van der Waals surface area contributed by atoms with E-state index in [0.717, 1.165) is 24.8 Å². The summed E-state index contributed by atoms with van der Waals surface area (Å²) in [6, 6.07) is 15.5. The number of Topliss-reactive ketones (excluding diaryl/α,β-unsaturated/α-hetero) is 1. The minimum atomic E-state index is -4.59. The first-order chi connectivity index (χ1) is 25.1. The number of alkyl halides is 2. The van der Waals surface area contributed by atoms with Crippen LogP contribution >= 0.6 is 11.6 Å². The van der Waals surface area contributed by atoms with Crippen molar-refractivity contribution in [1.29, 1.82) is 0 Å². The van der Waals surface area contributed by atoms with Crippen LogP contribution in [0.15, 0.2) is 77.7 Å². The van der Waals surface area contributed by atoms with Gasteiger partial charge in [0.05, 0.1) is 11.5 Å². The molecule has 7 rings (SSSR count). The number of benzene rings is 3. The molecule has 6 unspecified atom stereocenters. The maximum absolute atomic E-state index is 16.8. The largest absolute Gasteiger partial charge is 0.493 e. The van der Waals surface area contributed by atoms with Crippen molar-refractivity contribution in [3.05, 3.63) is 83.4 Å². The number of rotatable bonds is 12. The van der Waals surface area contributed by atoms with Gasteiger partial charge in [-0.2, -0.15) is 13.5 Å². The molecule has 4 aliphatic carbocycles. The van der Waals surface area contributed by atoms with Gasteiger partial charge in [-0.05, 0) is 124 Å². The van der Waals surface area contributed by atoms with Gasteiger partial charge in [0.15, 0.2) is 5.78 Å². The molecule has 53 heavy (non-hydrogen) atoms. The molecule has 0 aliphatic heterocycles. The zero-order chi connectivity index (χ0) is 37.8. The van der Waals surface area contributed by atoms with E-state index < -0.39 is 50.9 Å². The van der Waals surface area contributed by atoms with Crippen molar-refractivity contribution in [3.8, 4) is 16.9 Å². The highest BCUT2D eigenvalue weighted by Crippen LogP contribution is 2.80. The Kier molecular flexibility index (Phi) is 10.2. The van der Waals surface area contributed by atoms with Gasteiger partial charge in [-0.15, -0.1) is 0 Å². The molecule has 0 heterocycles. The number of hydrogen-bond donors (Lipinski definition) is 2. The summed E-state index contributed by atoms with van der Waals surface area (Å²) in [4.78, 5) is 26.7. The van der Waals surface area contributed by atoms with Crippen LogP contribution in [0, 0.1) is 29.1 Å². The summed E-state index contributed by atoms with van der Waals surface area (Å²) < 4.78 is 74.7. The third-order valence-electron chi connectivity index (χ3n) is 11.7. The fraction of sp³-hybridized carbons (Fsp3) is 0.512. The van der Waals surface area contributed by atoms with Gasteiger partial charge in [0.2, 0.25) is 10.0 Å². The average molecular weight is 769 g/mol. The molecule has 284 valence electrons. The van der Waals surface area contributed by atoms with Crippen LogP contribution in [-0.2, 0) is 25.5 Å². The summed E-state index contributed by atoms with van der Waals surface area (Å²) in [6.07, 6.45) is 6.58. The molecule has 1 amide bonds. The Balaban J connectivity index is 1.11. The lowest BCUT2D eigenvalue weighted by Gasteiger charge is -2.31. The molecule has 4 saturated carbocycles. The summed E-state index contributed by atoms with van der Waals surface area (Å²) in [6.45, 7) is 5.84. The number of carbonyl (C=O) groups excluding carboxylic acids is 2. The number of amides is 1. The number of nitrogens with one attached hydrogen (secondary N) is 2. The second kappa shape index (κ2) is 14.3. The van der Waals surface area contributed by atoms with E-state index in [1.165, 1.54) is 67.8 Å². The van der Waals surface area contributed by atoms with Crippen molar-refractivity contribution < 1.29 is 36.3 Å². The molecule has 3 aromatic carbocycles. The highest BCUT2D eigenvalue weighted by atomic mass is 35.5. The van der Waals surface area contributed by atoms with Gasteiger partial charge in [-0.25, -0.2) is 13.2 Å². The van der Waals surface area contributed by atoms with E-state index >= 15 is 8.78 Å². The van der Waals surface area contributed by atoms with Crippen LogP contribution in [0.2, 0.25) is 5.02 Å². The van der Waals surface area contributed by atoms with Crippen LogP contribution in [0.1, 0.15) is 77.7 Å². The van der Waals surface area contributed by atoms with Crippen molar-refractivity contribution in [2.75, 3.05) is 6.61 Å². The van der Waals surface area contributed by atoms with E-state index in [-0.39, 0.29) is 34.6 Å². The molecule has 0 radical (unpaired) electrons. The highest BCUT2D eigenvalue weighted by Gasteiger charge is 2.80. The molecule has 0 bridgehead atoms. The number of alkyl carbamates (subject to hydrolysis) is 1. The molecule has 4 aliphatic rings. The summed E-state index contributed by atoms with van der Waals surface area (Å²) in [7, 11) is -4.59. The van der Waals surface area contributed by atoms with Gasteiger partial charge in [-0.3, -0.25) is 4.79 Å². The van der Waals surface area contributed by atoms with Crippen molar-refractivity contribution >= 4 is 33.5 Å². The van der Waals surface area contributed by atoms with Crippen molar-refractivity contribution in [3.63, 3.8) is 0 Å². The Morgan fingerprint density at radius 2 is 1.53 bits per heavy atom. The molecule has 8 nitrogen and oxygen atoms in total. The van der Waals surface area contributed by atoms with Crippen LogP contribution in [0.3, 0.4) is 0 Å². The normalized spacial score (nSPS) is 26.1. The Hall–Kier alpha value is -3.54. The molecule has 4 fully saturated rings. The fourth-order valence-electron chi connectivity index (χ4n) is 8.80. The first kappa shape index (κ1) is 37.8. The smallest absolute Gasteiger partial charge is 0.407 e. The van der Waals surface area contributed by atoms with Crippen molar-refractivity contribution in [2.45, 2.75) is 101 Å². The average Bonchev–Trinajstić information content (AvgIpc) is 4.01. The van der Waals surface area contributed by atoms with Crippen LogP contribution in [0.5, 0.6) is 5.75 Å². The van der Waals surface area contributed by atoms with E-state index in [0.29, 0.717) is 35.3 Å². The Morgan fingerprint density at radius 3 is 2.15 bits per heavy atom.